The van der Waals surface area contributed by atoms with Gasteiger partial charge >= 0.3 is 6.18 Å². The lowest BCUT2D eigenvalue weighted by atomic mass is 10.0. The number of rotatable bonds is 9. The molecule has 34 heavy (non-hydrogen) atoms. The van der Waals surface area contributed by atoms with E-state index >= 15 is 0 Å². The maximum atomic E-state index is 13.1. The molecular weight excluding hydrogens is 445 g/mol. The first kappa shape index (κ1) is 25.2. The van der Waals surface area contributed by atoms with Crippen molar-refractivity contribution < 1.29 is 22.8 Å². The van der Waals surface area contributed by atoms with Crippen LogP contribution in [0.15, 0.2) is 60.8 Å². The molecule has 0 aliphatic heterocycles. The number of amides is 2. The first-order valence-corrected chi connectivity index (χ1v) is 11.0. The highest BCUT2D eigenvalue weighted by molar-refractivity contribution is 5.99. The Hall–Kier alpha value is -3.46. The fraction of sp³-hybridized carbons (Fsp3) is 0.320. The predicted octanol–water partition coefficient (Wildman–Crippen LogP) is 4.44. The van der Waals surface area contributed by atoms with Crippen molar-refractivity contribution in [2.75, 3.05) is 5.32 Å². The van der Waals surface area contributed by atoms with E-state index in [0.717, 1.165) is 35.9 Å². The normalized spacial score (nSPS) is 13.3. The first-order chi connectivity index (χ1) is 16.2. The zero-order chi connectivity index (χ0) is 24.7. The third-order valence-electron chi connectivity index (χ3n) is 5.42. The number of alkyl halides is 3. The molecule has 0 radical (unpaired) electrons. The Labute approximate surface area is 195 Å². The summed E-state index contributed by atoms with van der Waals surface area (Å²) in [6, 6.07) is 11.8. The van der Waals surface area contributed by atoms with Crippen LogP contribution in [0, 0.1) is 0 Å². The summed E-state index contributed by atoms with van der Waals surface area (Å²) in [5.41, 5.74) is 6.82. The fourth-order valence-corrected chi connectivity index (χ4v) is 3.48. The maximum Gasteiger partial charge on any atom is 0.416 e. The van der Waals surface area contributed by atoms with Crippen LogP contribution in [0.2, 0.25) is 0 Å². The van der Waals surface area contributed by atoms with Crippen LogP contribution in [0.5, 0.6) is 0 Å². The number of carbonyl (C=O) groups is 2. The summed E-state index contributed by atoms with van der Waals surface area (Å²) in [4.78, 5) is 30.0. The van der Waals surface area contributed by atoms with E-state index < -0.39 is 35.6 Å². The van der Waals surface area contributed by atoms with Gasteiger partial charge in [-0.25, -0.2) is 0 Å². The SMILES string of the molecule is CCCCC(N)C(=O)N[C@H](Cc1ccc(C(F)(F)F)cc1)C(=O)Nc1cnc2ccccc2c1. The van der Waals surface area contributed by atoms with Gasteiger partial charge in [-0.15, -0.1) is 0 Å². The first-order valence-electron chi connectivity index (χ1n) is 11.0. The second-order valence-corrected chi connectivity index (χ2v) is 8.11. The molecule has 0 saturated heterocycles. The lowest BCUT2D eigenvalue weighted by Gasteiger charge is -2.21. The summed E-state index contributed by atoms with van der Waals surface area (Å²) < 4.78 is 38.7. The second kappa shape index (κ2) is 11.1. The largest absolute Gasteiger partial charge is 0.416 e. The quantitative estimate of drug-likeness (QED) is 0.429. The van der Waals surface area contributed by atoms with Crippen LogP contribution < -0.4 is 16.4 Å². The molecule has 1 unspecified atom stereocenters. The van der Waals surface area contributed by atoms with E-state index in [0.29, 0.717) is 17.7 Å². The molecule has 3 rings (SSSR count). The molecule has 9 heteroatoms. The van der Waals surface area contributed by atoms with Gasteiger partial charge in [-0.1, -0.05) is 50.1 Å². The number of pyridine rings is 1. The number of carbonyl (C=O) groups excluding carboxylic acids is 2. The monoisotopic (exact) mass is 472 g/mol. The summed E-state index contributed by atoms with van der Waals surface area (Å²) in [6.45, 7) is 1.98. The molecule has 180 valence electrons. The van der Waals surface area contributed by atoms with Crippen molar-refractivity contribution >= 4 is 28.4 Å². The summed E-state index contributed by atoms with van der Waals surface area (Å²) in [5.74, 6) is -1.01. The topological polar surface area (TPSA) is 97.1 Å². The summed E-state index contributed by atoms with van der Waals surface area (Å²) in [6.07, 6.45) is -0.871. The van der Waals surface area contributed by atoms with E-state index in [9.17, 15) is 22.8 Å². The summed E-state index contributed by atoms with van der Waals surface area (Å²) >= 11 is 0. The summed E-state index contributed by atoms with van der Waals surface area (Å²) in [7, 11) is 0. The van der Waals surface area contributed by atoms with Gasteiger partial charge in [0.05, 0.1) is 29.0 Å². The van der Waals surface area contributed by atoms with Crippen LogP contribution in [0.1, 0.15) is 37.3 Å². The van der Waals surface area contributed by atoms with Crippen molar-refractivity contribution in [3.05, 3.63) is 71.9 Å². The van der Waals surface area contributed by atoms with E-state index in [4.69, 9.17) is 5.73 Å². The van der Waals surface area contributed by atoms with E-state index in [2.05, 4.69) is 15.6 Å². The van der Waals surface area contributed by atoms with E-state index in [1.54, 1.807) is 6.07 Å². The van der Waals surface area contributed by atoms with Crippen LogP contribution >= 0.6 is 0 Å². The Morgan fingerprint density at radius 3 is 2.44 bits per heavy atom. The van der Waals surface area contributed by atoms with Gasteiger partial charge in [-0.05, 0) is 36.2 Å². The van der Waals surface area contributed by atoms with Crippen LogP contribution in [0.25, 0.3) is 10.9 Å². The van der Waals surface area contributed by atoms with Crippen molar-refractivity contribution in [2.45, 2.75) is 50.9 Å². The molecule has 0 aliphatic carbocycles. The zero-order valence-corrected chi connectivity index (χ0v) is 18.7. The van der Waals surface area contributed by atoms with Gasteiger partial charge < -0.3 is 16.4 Å². The number of hydrogen-bond acceptors (Lipinski definition) is 4. The Balaban J connectivity index is 1.79. The third-order valence-corrected chi connectivity index (χ3v) is 5.42. The molecule has 6 nitrogen and oxygen atoms in total. The minimum Gasteiger partial charge on any atom is -0.343 e. The van der Waals surface area contributed by atoms with Crippen molar-refractivity contribution in [3.8, 4) is 0 Å². The third kappa shape index (κ3) is 6.77. The fourth-order valence-electron chi connectivity index (χ4n) is 3.48. The number of para-hydroxylation sites is 1. The number of unbranched alkanes of at least 4 members (excludes halogenated alkanes) is 1. The van der Waals surface area contributed by atoms with Crippen LogP contribution in [-0.4, -0.2) is 28.9 Å². The molecule has 2 atom stereocenters. The molecule has 0 bridgehead atoms. The Kier molecular flexibility index (Phi) is 8.22. The molecular formula is C25H27F3N4O2. The van der Waals surface area contributed by atoms with Crippen LogP contribution in [-0.2, 0) is 22.2 Å². The Morgan fingerprint density at radius 1 is 1.06 bits per heavy atom. The molecule has 3 aromatic rings. The number of nitrogens with one attached hydrogen (secondary N) is 2. The number of anilines is 1. The number of benzene rings is 2. The van der Waals surface area contributed by atoms with Crippen molar-refractivity contribution in [2.24, 2.45) is 5.73 Å². The van der Waals surface area contributed by atoms with Crippen molar-refractivity contribution in [3.63, 3.8) is 0 Å². The second-order valence-electron chi connectivity index (χ2n) is 8.11. The van der Waals surface area contributed by atoms with Crippen LogP contribution in [0.4, 0.5) is 18.9 Å². The van der Waals surface area contributed by atoms with Crippen molar-refractivity contribution in [1.29, 1.82) is 0 Å². The van der Waals surface area contributed by atoms with Gasteiger partial charge in [0.1, 0.15) is 6.04 Å². The average molecular weight is 473 g/mol. The molecule has 1 heterocycles. The zero-order valence-electron chi connectivity index (χ0n) is 18.7. The predicted molar refractivity (Wildman–Crippen MR) is 125 cm³/mol. The highest BCUT2D eigenvalue weighted by Crippen LogP contribution is 2.29. The maximum absolute atomic E-state index is 13.1. The minimum absolute atomic E-state index is 0.00276. The molecule has 0 aliphatic rings. The number of hydrogen-bond donors (Lipinski definition) is 3. The smallest absolute Gasteiger partial charge is 0.343 e. The molecule has 2 amide bonds. The number of aromatic nitrogens is 1. The minimum atomic E-state index is -4.46. The van der Waals surface area contributed by atoms with Crippen LogP contribution in [0.3, 0.4) is 0 Å². The van der Waals surface area contributed by atoms with E-state index in [1.165, 1.54) is 18.3 Å². The van der Waals surface area contributed by atoms with E-state index in [-0.39, 0.29) is 6.42 Å². The summed E-state index contributed by atoms with van der Waals surface area (Å²) in [5, 5.41) is 6.22. The lowest BCUT2D eigenvalue weighted by molar-refractivity contribution is -0.137. The molecule has 1 aromatic heterocycles. The average Bonchev–Trinajstić information content (AvgIpc) is 2.81. The molecule has 0 spiro atoms. The van der Waals surface area contributed by atoms with Gasteiger partial charge in [0, 0.05) is 11.8 Å². The Morgan fingerprint density at radius 2 is 1.76 bits per heavy atom. The van der Waals surface area contributed by atoms with Gasteiger partial charge in [-0.2, -0.15) is 13.2 Å². The number of nitrogens with zero attached hydrogens (tertiary/aromatic N) is 1. The number of nitrogens with two attached hydrogens (primary N) is 1. The Bertz CT molecular complexity index is 1130. The number of fused-ring (bicyclic) bond motifs is 1. The molecule has 4 N–H and O–H groups in total. The standard InChI is InChI=1S/C25H27F3N4O2/c1-2-3-7-20(29)23(33)32-22(13-16-9-11-18(12-10-16)25(26,27)28)24(34)31-19-14-17-6-4-5-8-21(17)30-15-19/h4-6,8-12,14-15,20,22H,2-3,7,13,29H2,1H3,(H,31,34)(H,32,33)/t20?,22-/m1/s1. The molecule has 0 fully saturated rings. The van der Waals surface area contributed by atoms with Gasteiger partial charge in [0.15, 0.2) is 0 Å². The number of halogens is 3. The molecule has 0 saturated carbocycles. The van der Waals surface area contributed by atoms with Gasteiger partial charge in [0.25, 0.3) is 0 Å². The lowest BCUT2D eigenvalue weighted by Crippen LogP contribution is -2.50. The molecule has 2 aromatic carbocycles. The van der Waals surface area contributed by atoms with E-state index in [1.807, 2.05) is 31.2 Å². The van der Waals surface area contributed by atoms with Crippen molar-refractivity contribution in [1.82, 2.24) is 10.3 Å². The highest BCUT2D eigenvalue weighted by Gasteiger charge is 2.30. The van der Waals surface area contributed by atoms with Gasteiger partial charge in [0.2, 0.25) is 11.8 Å². The highest BCUT2D eigenvalue weighted by atomic mass is 19.4. The van der Waals surface area contributed by atoms with Gasteiger partial charge in [-0.3, -0.25) is 14.6 Å².